The lowest BCUT2D eigenvalue weighted by molar-refractivity contribution is 0.972. The van der Waals surface area contributed by atoms with Gasteiger partial charge in [0.05, 0.1) is 0 Å². The third kappa shape index (κ3) is 3.43. The number of nitrogens with one attached hydrogen (secondary N) is 2. The van der Waals surface area contributed by atoms with E-state index in [1.807, 2.05) is 24.3 Å². The number of rotatable bonds is 5. The second-order valence-corrected chi connectivity index (χ2v) is 4.59. The van der Waals surface area contributed by atoms with Crippen molar-refractivity contribution in [1.82, 2.24) is 15.2 Å². The summed E-state index contributed by atoms with van der Waals surface area (Å²) in [5.41, 5.74) is 1.07. The summed E-state index contributed by atoms with van der Waals surface area (Å²) in [6.45, 7) is 0.868. The summed E-state index contributed by atoms with van der Waals surface area (Å²) >= 11 is 7.42. The van der Waals surface area contributed by atoms with Crippen LogP contribution >= 0.6 is 23.4 Å². The zero-order chi connectivity index (χ0) is 11.2. The summed E-state index contributed by atoms with van der Waals surface area (Å²) in [5, 5.41) is 11.5. The molecule has 1 aromatic carbocycles. The molecular weight excluding hydrogens is 244 g/mol. The Morgan fingerprint density at radius 1 is 1.31 bits per heavy atom. The SMILES string of the molecule is Clc1ccc(NCCSc2ncn[nH]2)cc1. The van der Waals surface area contributed by atoms with Crippen molar-refractivity contribution in [3.8, 4) is 0 Å². The van der Waals surface area contributed by atoms with Crippen molar-refractivity contribution in [3.63, 3.8) is 0 Å². The minimum atomic E-state index is 0.751. The van der Waals surface area contributed by atoms with E-state index in [1.54, 1.807) is 11.8 Å². The van der Waals surface area contributed by atoms with Crippen molar-refractivity contribution in [2.24, 2.45) is 0 Å². The third-order valence-electron chi connectivity index (χ3n) is 1.91. The fourth-order valence-corrected chi connectivity index (χ4v) is 1.94. The van der Waals surface area contributed by atoms with E-state index in [9.17, 15) is 0 Å². The van der Waals surface area contributed by atoms with Crippen molar-refractivity contribution < 1.29 is 0 Å². The minimum Gasteiger partial charge on any atom is -0.384 e. The van der Waals surface area contributed by atoms with Crippen molar-refractivity contribution in [1.29, 1.82) is 0 Å². The number of hydrogen-bond donors (Lipinski definition) is 2. The Morgan fingerprint density at radius 3 is 2.81 bits per heavy atom. The van der Waals surface area contributed by atoms with Gasteiger partial charge in [0, 0.05) is 23.0 Å². The van der Waals surface area contributed by atoms with Crippen molar-refractivity contribution >= 4 is 29.1 Å². The van der Waals surface area contributed by atoms with E-state index in [-0.39, 0.29) is 0 Å². The monoisotopic (exact) mass is 254 g/mol. The van der Waals surface area contributed by atoms with E-state index in [0.717, 1.165) is 28.2 Å². The minimum absolute atomic E-state index is 0.751. The lowest BCUT2D eigenvalue weighted by Gasteiger charge is -2.04. The Kier molecular flexibility index (Phi) is 4.07. The largest absolute Gasteiger partial charge is 0.384 e. The molecule has 0 aliphatic rings. The lowest BCUT2D eigenvalue weighted by Crippen LogP contribution is -2.03. The Labute approximate surface area is 103 Å². The highest BCUT2D eigenvalue weighted by Crippen LogP contribution is 2.14. The quantitative estimate of drug-likeness (QED) is 0.636. The van der Waals surface area contributed by atoms with Gasteiger partial charge in [-0.3, -0.25) is 5.10 Å². The van der Waals surface area contributed by atoms with Gasteiger partial charge in [-0.05, 0) is 24.3 Å². The molecule has 2 aromatic rings. The molecule has 0 radical (unpaired) electrons. The maximum atomic E-state index is 5.79. The van der Waals surface area contributed by atoms with Gasteiger partial charge in [-0.1, -0.05) is 23.4 Å². The van der Waals surface area contributed by atoms with Gasteiger partial charge in [-0.25, -0.2) is 4.98 Å². The van der Waals surface area contributed by atoms with Crippen LogP contribution in [0.5, 0.6) is 0 Å². The molecule has 1 aromatic heterocycles. The Morgan fingerprint density at radius 2 is 2.12 bits per heavy atom. The molecule has 84 valence electrons. The van der Waals surface area contributed by atoms with E-state index >= 15 is 0 Å². The van der Waals surface area contributed by atoms with Gasteiger partial charge in [0.15, 0.2) is 5.16 Å². The van der Waals surface area contributed by atoms with Gasteiger partial charge >= 0.3 is 0 Å². The predicted molar refractivity (Wildman–Crippen MR) is 67.0 cm³/mol. The number of aromatic amines is 1. The first kappa shape index (κ1) is 11.3. The first-order valence-corrected chi connectivity index (χ1v) is 6.18. The molecule has 0 saturated heterocycles. The number of thioether (sulfide) groups is 1. The second kappa shape index (κ2) is 5.77. The molecule has 6 heteroatoms. The Hall–Kier alpha value is -1.20. The standard InChI is InChI=1S/C10H11ClN4S/c11-8-1-3-9(4-2-8)12-5-6-16-10-13-7-14-15-10/h1-4,7,12H,5-6H2,(H,13,14,15). The smallest absolute Gasteiger partial charge is 0.183 e. The zero-order valence-electron chi connectivity index (χ0n) is 8.48. The van der Waals surface area contributed by atoms with Crippen LogP contribution < -0.4 is 5.32 Å². The molecule has 0 bridgehead atoms. The number of hydrogen-bond acceptors (Lipinski definition) is 4. The van der Waals surface area contributed by atoms with Gasteiger partial charge < -0.3 is 5.32 Å². The van der Waals surface area contributed by atoms with Crippen LogP contribution in [0.4, 0.5) is 5.69 Å². The number of aromatic nitrogens is 3. The highest BCUT2D eigenvalue weighted by Gasteiger charge is 1.96. The van der Waals surface area contributed by atoms with Crippen molar-refractivity contribution in [2.75, 3.05) is 17.6 Å². The highest BCUT2D eigenvalue weighted by atomic mass is 35.5. The molecule has 0 atom stereocenters. The molecular formula is C10H11ClN4S. The van der Waals surface area contributed by atoms with Crippen LogP contribution in [0.25, 0.3) is 0 Å². The number of anilines is 1. The molecule has 1 heterocycles. The molecule has 16 heavy (non-hydrogen) atoms. The Bertz CT molecular complexity index is 415. The number of halogens is 1. The fraction of sp³-hybridized carbons (Fsp3) is 0.200. The molecule has 0 aliphatic carbocycles. The van der Waals surface area contributed by atoms with E-state index in [1.165, 1.54) is 6.33 Å². The maximum Gasteiger partial charge on any atom is 0.183 e. The average Bonchev–Trinajstić information content (AvgIpc) is 2.80. The average molecular weight is 255 g/mol. The molecule has 2 N–H and O–H groups in total. The van der Waals surface area contributed by atoms with Crippen LogP contribution in [0.2, 0.25) is 5.02 Å². The van der Waals surface area contributed by atoms with E-state index < -0.39 is 0 Å². The normalized spacial score (nSPS) is 10.3. The van der Waals surface area contributed by atoms with Crippen molar-refractivity contribution in [2.45, 2.75) is 5.16 Å². The fourth-order valence-electron chi connectivity index (χ4n) is 1.17. The molecule has 4 nitrogen and oxygen atoms in total. The van der Waals surface area contributed by atoms with E-state index in [4.69, 9.17) is 11.6 Å². The van der Waals surface area contributed by atoms with Crippen LogP contribution in [-0.2, 0) is 0 Å². The third-order valence-corrected chi connectivity index (χ3v) is 3.04. The highest BCUT2D eigenvalue weighted by molar-refractivity contribution is 7.99. The number of nitrogens with zero attached hydrogens (tertiary/aromatic N) is 2. The molecule has 0 amide bonds. The summed E-state index contributed by atoms with van der Waals surface area (Å²) in [5.74, 6) is 0.928. The lowest BCUT2D eigenvalue weighted by atomic mass is 10.3. The van der Waals surface area contributed by atoms with Crippen LogP contribution in [0.15, 0.2) is 35.7 Å². The molecule has 0 saturated carbocycles. The Balaban J connectivity index is 1.70. The summed E-state index contributed by atoms with van der Waals surface area (Å²) in [7, 11) is 0. The number of H-pyrrole nitrogens is 1. The van der Waals surface area contributed by atoms with Gasteiger partial charge in [0.25, 0.3) is 0 Å². The van der Waals surface area contributed by atoms with Crippen LogP contribution in [0.1, 0.15) is 0 Å². The summed E-state index contributed by atoms with van der Waals surface area (Å²) in [6.07, 6.45) is 1.51. The molecule has 0 aliphatic heterocycles. The van der Waals surface area contributed by atoms with Crippen LogP contribution in [0.3, 0.4) is 0 Å². The van der Waals surface area contributed by atoms with E-state index in [0.29, 0.717) is 0 Å². The van der Waals surface area contributed by atoms with Gasteiger partial charge in [0.2, 0.25) is 0 Å². The van der Waals surface area contributed by atoms with Crippen LogP contribution in [0, 0.1) is 0 Å². The van der Waals surface area contributed by atoms with E-state index in [2.05, 4.69) is 20.5 Å². The van der Waals surface area contributed by atoms with Crippen molar-refractivity contribution in [3.05, 3.63) is 35.6 Å². The predicted octanol–water partition coefficient (Wildman–Crippen LogP) is 2.66. The summed E-state index contributed by atoms with van der Waals surface area (Å²) in [6, 6.07) is 7.66. The zero-order valence-corrected chi connectivity index (χ0v) is 10.1. The summed E-state index contributed by atoms with van der Waals surface area (Å²) < 4.78 is 0. The first-order valence-electron chi connectivity index (χ1n) is 4.82. The topological polar surface area (TPSA) is 53.6 Å². The molecule has 2 rings (SSSR count). The molecule has 0 spiro atoms. The molecule has 0 fully saturated rings. The summed E-state index contributed by atoms with van der Waals surface area (Å²) in [4.78, 5) is 4.02. The van der Waals surface area contributed by atoms with Gasteiger partial charge in [-0.15, -0.1) is 0 Å². The first-order chi connectivity index (χ1) is 7.84. The van der Waals surface area contributed by atoms with Gasteiger partial charge in [0.1, 0.15) is 6.33 Å². The molecule has 0 unspecified atom stereocenters. The van der Waals surface area contributed by atoms with Crippen LogP contribution in [-0.4, -0.2) is 27.5 Å². The maximum absolute atomic E-state index is 5.79. The van der Waals surface area contributed by atoms with Gasteiger partial charge in [-0.2, -0.15) is 5.10 Å². The second-order valence-electron chi connectivity index (χ2n) is 3.07. The number of benzene rings is 1.